The molecule has 0 aliphatic carbocycles. The van der Waals surface area contributed by atoms with Crippen molar-refractivity contribution in [3.63, 3.8) is 0 Å². The standard InChI is InChI=1S/C22H24O6/c1-22(2)27-19-18(24-13-15-9-5-3-6-10-15)17(26-21(19)28-22)14-25-20(23)16-11-7-4-8-12-16/h3-12,17-19,21H,13-14H2,1-2H3/t17-,18-,19+,21-/m0/s1. The van der Waals surface area contributed by atoms with E-state index in [1.165, 1.54) is 0 Å². The topological polar surface area (TPSA) is 63.2 Å². The molecule has 0 bridgehead atoms. The van der Waals surface area contributed by atoms with Crippen LogP contribution in [0.15, 0.2) is 60.7 Å². The number of ether oxygens (including phenoxy) is 5. The van der Waals surface area contributed by atoms with Crippen LogP contribution in [0.4, 0.5) is 0 Å². The van der Waals surface area contributed by atoms with Crippen LogP contribution in [0.25, 0.3) is 0 Å². The summed E-state index contributed by atoms with van der Waals surface area (Å²) >= 11 is 0. The average molecular weight is 384 g/mol. The monoisotopic (exact) mass is 384 g/mol. The molecular formula is C22H24O6. The Morgan fingerprint density at radius 1 is 1.00 bits per heavy atom. The second kappa shape index (κ2) is 8.01. The molecule has 6 heteroatoms. The van der Waals surface area contributed by atoms with E-state index in [0.29, 0.717) is 12.2 Å². The number of hydrogen-bond donors (Lipinski definition) is 0. The van der Waals surface area contributed by atoms with Crippen molar-refractivity contribution in [2.24, 2.45) is 0 Å². The minimum absolute atomic E-state index is 0.0628. The largest absolute Gasteiger partial charge is 0.459 e. The van der Waals surface area contributed by atoms with Gasteiger partial charge < -0.3 is 23.7 Å². The summed E-state index contributed by atoms with van der Waals surface area (Å²) in [6.07, 6.45) is -1.80. The van der Waals surface area contributed by atoms with Gasteiger partial charge in [0.1, 0.15) is 24.9 Å². The van der Waals surface area contributed by atoms with Gasteiger partial charge in [-0.15, -0.1) is 0 Å². The maximum absolute atomic E-state index is 12.3. The van der Waals surface area contributed by atoms with Crippen LogP contribution in [0.2, 0.25) is 0 Å². The number of fused-ring (bicyclic) bond motifs is 1. The van der Waals surface area contributed by atoms with Gasteiger partial charge in [0.15, 0.2) is 12.1 Å². The quantitative estimate of drug-likeness (QED) is 0.712. The molecule has 4 atom stereocenters. The molecule has 0 unspecified atom stereocenters. The first kappa shape index (κ1) is 19.1. The van der Waals surface area contributed by atoms with Crippen LogP contribution < -0.4 is 0 Å². The van der Waals surface area contributed by atoms with Crippen LogP contribution in [0.1, 0.15) is 29.8 Å². The molecule has 6 nitrogen and oxygen atoms in total. The Morgan fingerprint density at radius 3 is 2.39 bits per heavy atom. The lowest BCUT2D eigenvalue weighted by Crippen LogP contribution is -2.39. The molecule has 148 valence electrons. The van der Waals surface area contributed by atoms with Gasteiger partial charge in [-0.3, -0.25) is 0 Å². The normalized spacial score (nSPS) is 28.1. The van der Waals surface area contributed by atoms with E-state index in [4.69, 9.17) is 23.7 Å². The molecule has 2 fully saturated rings. The molecule has 2 aliphatic rings. The van der Waals surface area contributed by atoms with Crippen molar-refractivity contribution in [2.75, 3.05) is 6.61 Å². The third kappa shape index (κ3) is 4.25. The molecule has 4 rings (SSSR count). The van der Waals surface area contributed by atoms with Crippen LogP contribution >= 0.6 is 0 Å². The van der Waals surface area contributed by atoms with Gasteiger partial charge in [-0.05, 0) is 31.5 Å². The Balaban J connectivity index is 1.42. The van der Waals surface area contributed by atoms with Crippen molar-refractivity contribution in [3.05, 3.63) is 71.8 Å². The Kier molecular flexibility index (Phi) is 5.46. The molecule has 0 amide bonds. The second-order valence-corrected chi connectivity index (χ2v) is 7.37. The highest BCUT2D eigenvalue weighted by Crippen LogP contribution is 2.39. The molecule has 2 saturated heterocycles. The van der Waals surface area contributed by atoms with E-state index in [9.17, 15) is 4.79 Å². The summed E-state index contributed by atoms with van der Waals surface area (Å²) in [5.74, 6) is -1.14. The molecule has 0 N–H and O–H groups in total. The number of hydrogen-bond acceptors (Lipinski definition) is 6. The van der Waals surface area contributed by atoms with Gasteiger partial charge in [0, 0.05) is 0 Å². The van der Waals surface area contributed by atoms with Gasteiger partial charge in [0.25, 0.3) is 0 Å². The third-order valence-electron chi connectivity index (χ3n) is 4.76. The van der Waals surface area contributed by atoms with Crippen molar-refractivity contribution >= 4 is 5.97 Å². The van der Waals surface area contributed by atoms with Gasteiger partial charge >= 0.3 is 5.97 Å². The third-order valence-corrected chi connectivity index (χ3v) is 4.76. The fourth-order valence-corrected chi connectivity index (χ4v) is 3.46. The Hall–Kier alpha value is -2.25. The van der Waals surface area contributed by atoms with E-state index in [0.717, 1.165) is 5.56 Å². The van der Waals surface area contributed by atoms with E-state index >= 15 is 0 Å². The zero-order valence-corrected chi connectivity index (χ0v) is 15.9. The van der Waals surface area contributed by atoms with Gasteiger partial charge in [-0.1, -0.05) is 48.5 Å². The predicted octanol–water partition coefficient (Wildman–Crippen LogP) is 3.31. The van der Waals surface area contributed by atoms with Crippen molar-refractivity contribution in [2.45, 2.75) is 50.8 Å². The molecule has 0 saturated carbocycles. The second-order valence-electron chi connectivity index (χ2n) is 7.37. The van der Waals surface area contributed by atoms with Gasteiger partial charge in [0.05, 0.1) is 12.2 Å². The number of carbonyl (C=O) groups excluding carboxylic acids is 1. The Bertz CT molecular complexity index is 791. The van der Waals surface area contributed by atoms with Crippen LogP contribution in [0.3, 0.4) is 0 Å². The average Bonchev–Trinajstić information content (AvgIpc) is 3.17. The van der Waals surface area contributed by atoms with Crippen molar-refractivity contribution < 1.29 is 28.5 Å². The maximum Gasteiger partial charge on any atom is 0.338 e. The fraction of sp³-hybridized carbons (Fsp3) is 0.409. The first-order valence-corrected chi connectivity index (χ1v) is 9.41. The Labute approximate surface area is 164 Å². The zero-order chi connectivity index (χ0) is 19.6. The molecular weight excluding hydrogens is 360 g/mol. The first-order valence-electron chi connectivity index (χ1n) is 9.41. The Morgan fingerprint density at radius 2 is 1.68 bits per heavy atom. The summed E-state index contributed by atoms with van der Waals surface area (Å²) in [4.78, 5) is 12.3. The number of rotatable bonds is 6. The minimum Gasteiger partial charge on any atom is -0.459 e. The summed E-state index contributed by atoms with van der Waals surface area (Å²) in [5.41, 5.74) is 1.54. The van der Waals surface area contributed by atoms with Crippen molar-refractivity contribution in [3.8, 4) is 0 Å². The number of benzene rings is 2. The van der Waals surface area contributed by atoms with E-state index in [2.05, 4.69) is 0 Å². The molecule has 2 aromatic carbocycles. The van der Waals surface area contributed by atoms with E-state index in [1.807, 2.05) is 50.2 Å². The fourth-order valence-electron chi connectivity index (χ4n) is 3.46. The molecule has 0 spiro atoms. The zero-order valence-electron chi connectivity index (χ0n) is 15.9. The van der Waals surface area contributed by atoms with E-state index < -0.39 is 30.3 Å². The van der Waals surface area contributed by atoms with Crippen LogP contribution in [-0.2, 0) is 30.3 Å². The van der Waals surface area contributed by atoms with Gasteiger partial charge in [-0.25, -0.2) is 4.79 Å². The number of esters is 1. The highest BCUT2D eigenvalue weighted by molar-refractivity contribution is 5.89. The SMILES string of the molecule is CC1(C)O[C@@H]2O[C@@H](COC(=O)c3ccccc3)[C@H](OCc3ccccc3)[C@H]2O1. The molecule has 28 heavy (non-hydrogen) atoms. The van der Waals surface area contributed by atoms with Gasteiger partial charge in [0.2, 0.25) is 0 Å². The lowest BCUT2D eigenvalue weighted by Gasteiger charge is -2.25. The van der Waals surface area contributed by atoms with E-state index in [1.54, 1.807) is 24.3 Å². The highest BCUT2D eigenvalue weighted by atomic mass is 16.8. The molecule has 0 radical (unpaired) electrons. The smallest absolute Gasteiger partial charge is 0.338 e. The highest BCUT2D eigenvalue weighted by Gasteiger charge is 2.55. The molecule has 2 heterocycles. The van der Waals surface area contributed by atoms with Crippen LogP contribution in [0.5, 0.6) is 0 Å². The predicted molar refractivity (Wildman–Crippen MR) is 100 cm³/mol. The van der Waals surface area contributed by atoms with Crippen LogP contribution in [0, 0.1) is 0 Å². The lowest BCUT2D eigenvalue weighted by molar-refractivity contribution is -0.222. The van der Waals surface area contributed by atoms with Crippen LogP contribution in [-0.4, -0.2) is 43.0 Å². The van der Waals surface area contributed by atoms with Gasteiger partial charge in [-0.2, -0.15) is 0 Å². The number of carbonyl (C=O) groups is 1. The summed E-state index contributed by atoms with van der Waals surface area (Å²) in [6, 6.07) is 18.7. The van der Waals surface area contributed by atoms with Crippen molar-refractivity contribution in [1.29, 1.82) is 0 Å². The summed E-state index contributed by atoms with van der Waals surface area (Å²) in [7, 11) is 0. The minimum atomic E-state index is -0.741. The van der Waals surface area contributed by atoms with Crippen molar-refractivity contribution in [1.82, 2.24) is 0 Å². The summed E-state index contributed by atoms with van der Waals surface area (Å²) in [5, 5.41) is 0. The lowest BCUT2D eigenvalue weighted by atomic mass is 10.1. The summed E-state index contributed by atoms with van der Waals surface area (Å²) < 4.78 is 29.3. The molecule has 0 aromatic heterocycles. The maximum atomic E-state index is 12.3. The first-order chi connectivity index (χ1) is 13.5. The summed E-state index contributed by atoms with van der Waals surface area (Å²) in [6.45, 7) is 4.15. The van der Waals surface area contributed by atoms with E-state index in [-0.39, 0.29) is 12.7 Å². The molecule has 2 aromatic rings. The molecule has 2 aliphatic heterocycles.